The Kier molecular flexibility index (Phi) is 9.79. The topological polar surface area (TPSA) is 146 Å². The number of urea groups is 1. The van der Waals surface area contributed by atoms with Crippen molar-refractivity contribution in [2.45, 2.75) is 20.3 Å². The predicted molar refractivity (Wildman–Crippen MR) is 151 cm³/mol. The zero-order valence-electron chi connectivity index (χ0n) is 22.7. The van der Waals surface area contributed by atoms with Crippen LogP contribution in [-0.2, 0) is 9.63 Å². The first-order chi connectivity index (χ1) is 20.2. The second kappa shape index (κ2) is 13.9. The lowest BCUT2D eigenvalue weighted by Gasteiger charge is -2.11. The zero-order chi connectivity index (χ0) is 30.1. The fourth-order valence-electron chi connectivity index (χ4n) is 3.72. The highest BCUT2D eigenvalue weighted by Crippen LogP contribution is 2.28. The number of hydroxylamine groups is 1. The van der Waals surface area contributed by atoms with Crippen molar-refractivity contribution in [2.24, 2.45) is 0 Å². The maximum atomic E-state index is 14.7. The molecule has 0 spiro atoms. The lowest BCUT2D eigenvalue weighted by Crippen LogP contribution is -2.27. The Bertz CT molecular complexity index is 1590. The van der Waals surface area contributed by atoms with Crippen LogP contribution in [0.25, 0.3) is 11.4 Å². The summed E-state index contributed by atoms with van der Waals surface area (Å²) >= 11 is 0. The van der Waals surface area contributed by atoms with E-state index in [4.69, 9.17) is 4.74 Å². The van der Waals surface area contributed by atoms with E-state index in [1.807, 2.05) is 0 Å². The maximum Gasteiger partial charge on any atom is 0.323 e. The Morgan fingerprint density at radius 1 is 0.905 bits per heavy atom. The van der Waals surface area contributed by atoms with Gasteiger partial charge in [0.05, 0.1) is 28.3 Å². The molecule has 2 aromatic heterocycles. The van der Waals surface area contributed by atoms with Crippen LogP contribution in [-0.4, -0.2) is 41.0 Å². The van der Waals surface area contributed by atoms with Crippen molar-refractivity contribution >= 4 is 29.3 Å². The molecule has 0 radical (unpaired) electrons. The van der Waals surface area contributed by atoms with Crippen LogP contribution in [0.4, 0.5) is 25.0 Å². The summed E-state index contributed by atoms with van der Waals surface area (Å²) in [6.07, 6.45) is 3.60. The van der Waals surface area contributed by atoms with Crippen LogP contribution in [0.3, 0.4) is 0 Å². The van der Waals surface area contributed by atoms with E-state index >= 15 is 0 Å². The molecule has 0 bridgehead atoms. The number of benzene rings is 2. The number of nitrogens with zero attached hydrogens (tertiary/aromatic N) is 1. The van der Waals surface area contributed by atoms with Crippen molar-refractivity contribution in [3.05, 3.63) is 89.8 Å². The summed E-state index contributed by atoms with van der Waals surface area (Å²) < 4.78 is 34.4. The minimum atomic E-state index is -0.805. The number of anilines is 2. The van der Waals surface area contributed by atoms with Gasteiger partial charge in [0.2, 0.25) is 0 Å². The number of H-pyrrole nitrogens is 1. The average molecular weight is 579 g/mol. The summed E-state index contributed by atoms with van der Waals surface area (Å²) in [6, 6.07) is 12.2. The molecule has 0 aliphatic carbocycles. The van der Waals surface area contributed by atoms with E-state index in [2.05, 4.69) is 36.2 Å². The zero-order valence-corrected chi connectivity index (χ0v) is 22.7. The third-order valence-electron chi connectivity index (χ3n) is 5.70. The van der Waals surface area contributed by atoms with Crippen LogP contribution in [0, 0.1) is 18.6 Å². The van der Waals surface area contributed by atoms with E-state index < -0.39 is 23.6 Å². The molecule has 4 rings (SSSR count). The van der Waals surface area contributed by atoms with Gasteiger partial charge in [0.1, 0.15) is 23.1 Å². The van der Waals surface area contributed by atoms with Crippen LogP contribution >= 0.6 is 0 Å². The van der Waals surface area contributed by atoms with E-state index in [1.54, 1.807) is 37.4 Å². The SMILES string of the molecule is CC(=O)ONCCCNC(=O)c1c[nH]c(-c2cc(Oc3ccc(NC(=O)Nc4cc(C)ccc4F)c(F)c3)ccn2)c1. The maximum absolute atomic E-state index is 14.7. The number of aromatic nitrogens is 2. The molecular formula is C29H28F2N6O5. The highest BCUT2D eigenvalue weighted by Gasteiger charge is 2.13. The second-order valence-electron chi connectivity index (χ2n) is 9.08. The lowest BCUT2D eigenvalue weighted by molar-refractivity contribution is -0.148. The molecule has 0 unspecified atom stereocenters. The van der Waals surface area contributed by atoms with Gasteiger partial charge in [0.15, 0.2) is 0 Å². The van der Waals surface area contributed by atoms with Gasteiger partial charge >= 0.3 is 12.0 Å². The largest absolute Gasteiger partial charge is 0.457 e. The smallest absolute Gasteiger partial charge is 0.323 e. The van der Waals surface area contributed by atoms with E-state index in [0.717, 1.165) is 11.6 Å². The van der Waals surface area contributed by atoms with Crippen molar-refractivity contribution in [2.75, 3.05) is 23.7 Å². The first-order valence-corrected chi connectivity index (χ1v) is 12.8. The van der Waals surface area contributed by atoms with Crippen molar-refractivity contribution in [3.8, 4) is 22.9 Å². The molecular weight excluding hydrogens is 550 g/mol. The number of pyridine rings is 1. The van der Waals surface area contributed by atoms with E-state index in [1.165, 1.54) is 37.4 Å². The molecule has 42 heavy (non-hydrogen) atoms. The molecule has 3 amide bonds. The van der Waals surface area contributed by atoms with Gasteiger partial charge in [-0.25, -0.2) is 13.6 Å². The number of hydrogen-bond donors (Lipinski definition) is 5. The molecule has 0 atom stereocenters. The summed E-state index contributed by atoms with van der Waals surface area (Å²) in [6.45, 7) is 3.80. The van der Waals surface area contributed by atoms with E-state index in [-0.39, 0.29) is 23.0 Å². The molecule has 2 heterocycles. The Morgan fingerprint density at radius 2 is 1.69 bits per heavy atom. The van der Waals surface area contributed by atoms with Crippen molar-refractivity contribution < 1.29 is 32.7 Å². The number of ether oxygens (including phenoxy) is 1. The summed E-state index contributed by atoms with van der Waals surface area (Å²) in [5.41, 5.74) is 4.53. The van der Waals surface area contributed by atoms with Gasteiger partial charge in [-0.1, -0.05) is 6.07 Å². The number of amides is 3. The number of aryl methyl sites for hydroxylation is 1. The highest BCUT2D eigenvalue weighted by molar-refractivity contribution is 6.00. The van der Waals surface area contributed by atoms with Crippen molar-refractivity contribution in [1.29, 1.82) is 0 Å². The number of nitrogens with one attached hydrogen (secondary N) is 5. The normalized spacial score (nSPS) is 10.6. The highest BCUT2D eigenvalue weighted by atomic mass is 19.1. The van der Waals surface area contributed by atoms with Crippen LogP contribution in [0.15, 0.2) is 67.0 Å². The lowest BCUT2D eigenvalue weighted by atomic mass is 10.2. The van der Waals surface area contributed by atoms with Crippen LogP contribution < -0.4 is 26.2 Å². The van der Waals surface area contributed by atoms with Gasteiger partial charge < -0.3 is 30.5 Å². The van der Waals surface area contributed by atoms with Gasteiger partial charge in [-0.05, 0) is 55.3 Å². The minimum absolute atomic E-state index is 0.0262. The number of hydrogen-bond acceptors (Lipinski definition) is 7. The molecule has 11 nitrogen and oxygen atoms in total. The molecule has 13 heteroatoms. The summed E-state index contributed by atoms with van der Waals surface area (Å²) in [4.78, 5) is 47.3. The number of rotatable bonds is 11. The third-order valence-corrected chi connectivity index (χ3v) is 5.70. The fraction of sp³-hybridized carbons (Fsp3) is 0.172. The molecule has 0 saturated heterocycles. The predicted octanol–water partition coefficient (Wildman–Crippen LogP) is 5.29. The van der Waals surface area contributed by atoms with Gasteiger partial charge in [-0.3, -0.25) is 14.6 Å². The Balaban J connectivity index is 1.33. The van der Waals surface area contributed by atoms with Gasteiger partial charge in [0.25, 0.3) is 5.91 Å². The van der Waals surface area contributed by atoms with Crippen LogP contribution in [0.2, 0.25) is 0 Å². The summed E-state index contributed by atoms with van der Waals surface area (Å²) in [5, 5.41) is 7.47. The first-order valence-electron chi connectivity index (χ1n) is 12.8. The van der Waals surface area contributed by atoms with Gasteiger partial charge in [-0.2, -0.15) is 5.48 Å². The molecule has 0 aliphatic heterocycles. The van der Waals surface area contributed by atoms with Gasteiger partial charge in [-0.15, -0.1) is 0 Å². The van der Waals surface area contributed by atoms with Crippen LogP contribution in [0.1, 0.15) is 29.3 Å². The Hall–Kier alpha value is -5.30. The Labute approximate surface area is 239 Å². The summed E-state index contributed by atoms with van der Waals surface area (Å²) in [5.74, 6) is -1.59. The molecule has 0 aliphatic rings. The molecule has 2 aromatic carbocycles. The second-order valence-corrected chi connectivity index (χ2v) is 9.08. The number of aromatic amines is 1. The average Bonchev–Trinajstić information content (AvgIpc) is 3.45. The van der Waals surface area contributed by atoms with Crippen LogP contribution in [0.5, 0.6) is 11.5 Å². The summed E-state index contributed by atoms with van der Waals surface area (Å²) in [7, 11) is 0. The molecule has 5 N–H and O–H groups in total. The first kappa shape index (κ1) is 29.7. The van der Waals surface area contributed by atoms with E-state index in [0.29, 0.717) is 42.2 Å². The molecule has 218 valence electrons. The van der Waals surface area contributed by atoms with Crippen molar-refractivity contribution in [1.82, 2.24) is 20.8 Å². The number of carbonyl (C=O) groups excluding carboxylic acids is 3. The monoisotopic (exact) mass is 578 g/mol. The fourth-order valence-corrected chi connectivity index (χ4v) is 3.72. The quantitative estimate of drug-likeness (QED) is 0.120. The van der Waals surface area contributed by atoms with Crippen molar-refractivity contribution in [3.63, 3.8) is 0 Å². The van der Waals surface area contributed by atoms with Gasteiger partial charge in [0, 0.05) is 44.5 Å². The molecule has 0 fully saturated rings. The number of carbonyl (C=O) groups is 3. The standard InChI is InChI=1S/C29H28F2N6O5/c1-17-4-6-22(30)25(12-17)37-29(40)36-24-7-5-20(14-23(24)31)41-21-8-11-32-27(15-21)26-13-19(16-34-26)28(39)33-9-3-10-35-42-18(2)38/h4-8,11-16,34-35H,3,9-10H2,1-2H3,(H,33,39)(H2,36,37,40). The van der Waals surface area contributed by atoms with E-state index in [9.17, 15) is 23.2 Å². The minimum Gasteiger partial charge on any atom is -0.457 e. The Morgan fingerprint density at radius 3 is 2.48 bits per heavy atom. The third kappa shape index (κ3) is 8.35. The number of halogens is 2. The molecule has 0 saturated carbocycles. The molecule has 4 aromatic rings.